The third-order valence-electron chi connectivity index (χ3n) is 3.48. The van der Waals surface area contributed by atoms with E-state index in [1.165, 1.54) is 20.0 Å². The number of rotatable bonds is 4. The van der Waals surface area contributed by atoms with E-state index in [-0.39, 0.29) is 12.2 Å². The maximum atomic E-state index is 11.9. The second-order valence-electron chi connectivity index (χ2n) is 5.41. The van der Waals surface area contributed by atoms with Gasteiger partial charge in [0.05, 0.1) is 0 Å². The zero-order valence-corrected chi connectivity index (χ0v) is 13.3. The van der Waals surface area contributed by atoms with E-state index in [1.54, 1.807) is 0 Å². The monoisotopic (exact) mass is 342 g/mol. The van der Waals surface area contributed by atoms with Gasteiger partial charge >= 0.3 is 17.6 Å². The van der Waals surface area contributed by atoms with Crippen LogP contribution < -0.4 is 11.2 Å². The summed E-state index contributed by atoms with van der Waals surface area (Å²) in [6.45, 7) is 3.56. The van der Waals surface area contributed by atoms with Crippen molar-refractivity contribution in [3.63, 3.8) is 0 Å². The number of hydrogen-bond acceptors (Lipinski definition) is 8. The van der Waals surface area contributed by atoms with E-state index in [4.69, 9.17) is 14.2 Å². The number of aromatic nitrogens is 2. The van der Waals surface area contributed by atoms with Crippen LogP contribution in [0, 0.1) is 6.92 Å². The van der Waals surface area contributed by atoms with Gasteiger partial charge in [0.25, 0.3) is 5.56 Å². The van der Waals surface area contributed by atoms with Crippen molar-refractivity contribution in [2.45, 2.75) is 45.3 Å². The molecule has 1 saturated heterocycles. The van der Waals surface area contributed by atoms with Gasteiger partial charge in [0.1, 0.15) is 18.8 Å². The molecule has 0 amide bonds. The molecule has 10 nitrogen and oxygen atoms in total. The van der Waals surface area contributed by atoms with Crippen LogP contribution in [0.1, 0.15) is 25.6 Å². The number of carbonyl (C=O) groups is 2. The molecule has 1 aliphatic heterocycles. The number of esters is 2. The Morgan fingerprint density at radius 3 is 2.58 bits per heavy atom. The predicted molar refractivity (Wildman–Crippen MR) is 78.2 cm³/mol. The number of hydrogen-bond donors (Lipinski definition) is 2. The third-order valence-corrected chi connectivity index (χ3v) is 3.48. The number of aryl methyl sites for hydroxylation is 1. The van der Waals surface area contributed by atoms with Crippen molar-refractivity contribution in [1.29, 1.82) is 0 Å². The topological polar surface area (TPSA) is 137 Å². The molecule has 2 unspecified atom stereocenters. The summed E-state index contributed by atoms with van der Waals surface area (Å²) >= 11 is 0. The molecule has 0 bridgehead atoms. The number of carbonyl (C=O) groups excluding carboxylic acids is 2. The molecule has 2 N–H and O–H groups in total. The average molecular weight is 342 g/mol. The first kappa shape index (κ1) is 17.9. The van der Waals surface area contributed by atoms with Gasteiger partial charge < -0.3 is 19.3 Å². The fraction of sp³-hybridized carbons (Fsp3) is 0.571. The zero-order valence-electron chi connectivity index (χ0n) is 13.3. The van der Waals surface area contributed by atoms with Crippen LogP contribution in [-0.2, 0) is 23.8 Å². The summed E-state index contributed by atoms with van der Waals surface area (Å²) in [5, 5.41) is 10.4. The molecule has 0 radical (unpaired) electrons. The van der Waals surface area contributed by atoms with Gasteiger partial charge in [-0.1, -0.05) is 0 Å². The summed E-state index contributed by atoms with van der Waals surface area (Å²) < 4.78 is 16.4. The average Bonchev–Trinajstić information content (AvgIpc) is 2.77. The van der Waals surface area contributed by atoms with E-state index in [0.29, 0.717) is 0 Å². The Bertz CT molecular complexity index is 752. The highest BCUT2D eigenvalue weighted by Gasteiger charge is 2.47. The summed E-state index contributed by atoms with van der Waals surface area (Å²) in [7, 11) is 0. The van der Waals surface area contributed by atoms with Crippen LogP contribution in [0.2, 0.25) is 0 Å². The highest BCUT2D eigenvalue weighted by Crippen LogP contribution is 2.30. The molecule has 0 saturated carbocycles. The Balaban J connectivity index is 2.33. The number of H-pyrrole nitrogens is 1. The molecule has 1 aliphatic rings. The quantitative estimate of drug-likeness (QED) is 0.637. The Morgan fingerprint density at radius 2 is 2.00 bits per heavy atom. The Labute approximate surface area is 136 Å². The first-order chi connectivity index (χ1) is 11.2. The van der Waals surface area contributed by atoms with E-state index in [0.717, 1.165) is 11.5 Å². The minimum absolute atomic E-state index is 0.234. The van der Waals surface area contributed by atoms with Crippen LogP contribution in [0.3, 0.4) is 0 Å². The van der Waals surface area contributed by atoms with E-state index >= 15 is 0 Å². The Hall–Kier alpha value is -2.46. The number of aliphatic hydroxyl groups is 1. The summed E-state index contributed by atoms with van der Waals surface area (Å²) in [6.07, 6.45) is -3.47. The largest absolute Gasteiger partial charge is 0.463 e. The molecular formula is C14H18N2O8. The van der Waals surface area contributed by atoms with Crippen molar-refractivity contribution in [2.24, 2.45) is 0 Å². The molecule has 0 aliphatic carbocycles. The van der Waals surface area contributed by atoms with Crippen LogP contribution in [0.4, 0.5) is 0 Å². The van der Waals surface area contributed by atoms with Crippen molar-refractivity contribution >= 4 is 11.9 Å². The maximum absolute atomic E-state index is 11.9. The first-order valence-electron chi connectivity index (χ1n) is 7.17. The molecule has 24 heavy (non-hydrogen) atoms. The highest BCUT2D eigenvalue weighted by atomic mass is 16.6. The molecule has 1 aromatic heterocycles. The lowest BCUT2D eigenvalue weighted by Crippen LogP contribution is -2.40. The second kappa shape index (κ2) is 6.97. The fourth-order valence-corrected chi connectivity index (χ4v) is 2.40. The highest BCUT2D eigenvalue weighted by molar-refractivity contribution is 5.66. The van der Waals surface area contributed by atoms with Gasteiger partial charge in [-0.25, -0.2) is 4.79 Å². The van der Waals surface area contributed by atoms with E-state index < -0.39 is 47.7 Å². The van der Waals surface area contributed by atoms with Crippen molar-refractivity contribution < 1.29 is 28.9 Å². The van der Waals surface area contributed by atoms with E-state index in [9.17, 15) is 24.3 Å². The normalized spacial score (nSPS) is 26.2. The Morgan fingerprint density at radius 1 is 1.33 bits per heavy atom. The molecule has 0 spiro atoms. The summed E-state index contributed by atoms with van der Waals surface area (Å²) in [6, 6.07) is 0. The predicted octanol–water partition coefficient (Wildman–Crippen LogP) is -1.40. The smallest absolute Gasteiger partial charge is 0.330 e. The number of aliphatic hydroxyl groups excluding tert-OH is 1. The second-order valence-corrected chi connectivity index (χ2v) is 5.41. The summed E-state index contributed by atoms with van der Waals surface area (Å²) in [5.41, 5.74) is -1.11. The van der Waals surface area contributed by atoms with Gasteiger partial charge in [-0.3, -0.25) is 23.9 Å². The molecule has 10 heteroatoms. The van der Waals surface area contributed by atoms with Crippen molar-refractivity contribution in [3.05, 3.63) is 32.6 Å². The van der Waals surface area contributed by atoms with Crippen LogP contribution in [0.15, 0.2) is 15.8 Å². The van der Waals surface area contributed by atoms with Crippen LogP contribution >= 0.6 is 0 Å². The van der Waals surface area contributed by atoms with Crippen molar-refractivity contribution in [3.8, 4) is 0 Å². The SMILES string of the molecule is CC(=O)OC[C@H]1O[C@@H](n2cc(C)c(=O)[nH]c2=O)C(O)C1OC(C)=O. The van der Waals surface area contributed by atoms with Gasteiger partial charge in [-0.2, -0.15) is 0 Å². The van der Waals surface area contributed by atoms with Gasteiger partial charge in [0, 0.05) is 25.6 Å². The lowest BCUT2D eigenvalue weighted by molar-refractivity contribution is -0.157. The zero-order chi connectivity index (χ0) is 18.0. The van der Waals surface area contributed by atoms with Crippen molar-refractivity contribution in [1.82, 2.24) is 9.55 Å². The number of nitrogens with zero attached hydrogens (tertiary/aromatic N) is 1. The van der Waals surface area contributed by atoms with Crippen LogP contribution in [0.25, 0.3) is 0 Å². The standard InChI is InChI=1S/C14H18N2O8/c1-6-4-16(14(21)15-12(6)20)13-10(19)11(23-8(3)18)9(24-13)5-22-7(2)17/h4,9-11,13,19H,5H2,1-3H3,(H,15,20,21)/t9-,10?,11?,13-/m1/s1. The maximum Gasteiger partial charge on any atom is 0.330 e. The van der Waals surface area contributed by atoms with Gasteiger partial charge in [-0.15, -0.1) is 0 Å². The Kier molecular flexibility index (Phi) is 5.20. The van der Waals surface area contributed by atoms with Gasteiger partial charge in [0.15, 0.2) is 12.3 Å². The molecule has 2 heterocycles. The minimum atomic E-state index is -1.39. The third kappa shape index (κ3) is 3.71. The first-order valence-corrected chi connectivity index (χ1v) is 7.17. The lowest BCUT2D eigenvalue weighted by Gasteiger charge is -2.19. The summed E-state index contributed by atoms with van der Waals surface area (Å²) in [5.74, 6) is -1.24. The number of aromatic amines is 1. The van der Waals surface area contributed by atoms with E-state index in [2.05, 4.69) is 4.98 Å². The van der Waals surface area contributed by atoms with Gasteiger partial charge in [0.2, 0.25) is 0 Å². The van der Waals surface area contributed by atoms with Crippen LogP contribution in [0.5, 0.6) is 0 Å². The molecule has 2 rings (SSSR count). The molecule has 0 aromatic carbocycles. The summed E-state index contributed by atoms with van der Waals surface area (Å²) in [4.78, 5) is 47.7. The number of ether oxygens (including phenoxy) is 3. The molecule has 4 atom stereocenters. The van der Waals surface area contributed by atoms with Gasteiger partial charge in [-0.05, 0) is 6.92 Å². The molecule has 1 fully saturated rings. The fourth-order valence-electron chi connectivity index (χ4n) is 2.40. The molecule has 1 aromatic rings. The minimum Gasteiger partial charge on any atom is -0.463 e. The van der Waals surface area contributed by atoms with Crippen LogP contribution in [-0.4, -0.2) is 51.5 Å². The lowest BCUT2D eigenvalue weighted by atomic mass is 10.1. The molecule has 132 valence electrons. The molecular weight excluding hydrogens is 324 g/mol. The van der Waals surface area contributed by atoms with E-state index in [1.807, 2.05) is 0 Å². The number of nitrogens with one attached hydrogen (secondary N) is 1. The van der Waals surface area contributed by atoms with Crippen molar-refractivity contribution in [2.75, 3.05) is 6.61 Å².